The number of rotatable bonds is 6. The summed E-state index contributed by atoms with van der Waals surface area (Å²) in [6.45, 7) is 0. The van der Waals surface area contributed by atoms with Crippen molar-refractivity contribution < 1.29 is 18.0 Å². The molecule has 3 aromatic heterocycles. The van der Waals surface area contributed by atoms with E-state index in [1.54, 1.807) is 18.5 Å². The quantitative estimate of drug-likeness (QED) is 0.415. The monoisotopic (exact) mass is 460 g/mol. The van der Waals surface area contributed by atoms with Crippen LogP contribution in [0.2, 0.25) is 0 Å². The van der Waals surface area contributed by atoms with Crippen molar-refractivity contribution in [3.63, 3.8) is 0 Å². The van der Waals surface area contributed by atoms with Gasteiger partial charge in [0.1, 0.15) is 5.01 Å². The lowest BCUT2D eigenvalue weighted by Crippen LogP contribution is -2.14. The van der Waals surface area contributed by atoms with Gasteiger partial charge in [-0.1, -0.05) is 24.3 Å². The van der Waals surface area contributed by atoms with Crippen LogP contribution in [0, 0.1) is 0 Å². The molecule has 10 heteroatoms. The summed E-state index contributed by atoms with van der Waals surface area (Å²) >= 11 is 2.64. The summed E-state index contributed by atoms with van der Waals surface area (Å²) in [6.07, 6.45) is -0.747. The number of thiazole rings is 2. The third kappa shape index (κ3) is 5.53. The third-order valence-corrected chi connectivity index (χ3v) is 6.04. The van der Waals surface area contributed by atoms with Crippen molar-refractivity contribution in [1.29, 1.82) is 0 Å². The molecule has 0 fully saturated rings. The van der Waals surface area contributed by atoms with Crippen molar-refractivity contribution in [3.05, 3.63) is 81.9 Å². The highest BCUT2D eigenvalue weighted by Gasteiger charge is 2.30. The lowest BCUT2D eigenvalue weighted by Gasteiger charge is -2.07. The Morgan fingerprint density at radius 3 is 2.74 bits per heavy atom. The standard InChI is InChI=1S/C21H15F3N4OS2/c22-21(23,24)14-5-3-4-13(8-14)9-16-11-26-20(31-16)28-18(29)10-15-12-30-19(27-15)17-6-1-2-7-25-17/h1-8,11-12H,9-10H2,(H,26,28,29). The molecule has 1 aromatic carbocycles. The number of benzene rings is 1. The van der Waals surface area contributed by atoms with Crippen LogP contribution in [0.15, 0.2) is 60.2 Å². The zero-order valence-corrected chi connectivity index (χ0v) is 17.5. The Balaban J connectivity index is 1.36. The second-order valence-corrected chi connectivity index (χ2v) is 8.56. The van der Waals surface area contributed by atoms with Crippen LogP contribution in [0.25, 0.3) is 10.7 Å². The molecule has 0 unspecified atom stereocenters. The van der Waals surface area contributed by atoms with E-state index < -0.39 is 11.7 Å². The van der Waals surface area contributed by atoms with Crippen LogP contribution in [0.4, 0.5) is 18.3 Å². The number of halogens is 3. The van der Waals surface area contributed by atoms with Crippen molar-refractivity contribution >= 4 is 33.7 Å². The lowest BCUT2D eigenvalue weighted by molar-refractivity contribution is -0.137. The van der Waals surface area contributed by atoms with Crippen molar-refractivity contribution in [3.8, 4) is 10.7 Å². The minimum atomic E-state index is -4.38. The third-order valence-electron chi connectivity index (χ3n) is 4.21. The molecule has 0 atom stereocenters. The van der Waals surface area contributed by atoms with E-state index >= 15 is 0 Å². The predicted molar refractivity (Wildman–Crippen MR) is 114 cm³/mol. The van der Waals surface area contributed by atoms with E-state index in [2.05, 4.69) is 20.3 Å². The number of aromatic nitrogens is 3. The fourth-order valence-electron chi connectivity index (χ4n) is 2.83. The predicted octanol–water partition coefficient (Wildman–Crippen LogP) is 5.45. The van der Waals surface area contributed by atoms with Gasteiger partial charge in [0, 0.05) is 29.1 Å². The van der Waals surface area contributed by atoms with Gasteiger partial charge in [0.25, 0.3) is 0 Å². The zero-order chi connectivity index (χ0) is 21.8. The molecule has 0 aliphatic rings. The van der Waals surface area contributed by atoms with Gasteiger partial charge in [-0.3, -0.25) is 9.78 Å². The van der Waals surface area contributed by atoms with Crippen LogP contribution in [-0.2, 0) is 23.8 Å². The van der Waals surface area contributed by atoms with Gasteiger partial charge in [-0.05, 0) is 23.8 Å². The maximum absolute atomic E-state index is 12.9. The molecule has 0 saturated carbocycles. The zero-order valence-electron chi connectivity index (χ0n) is 15.9. The highest BCUT2D eigenvalue weighted by molar-refractivity contribution is 7.15. The van der Waals surface area contributed by atoms with E-state index in [4.69, 9.17) is 0 Å². The number of carbonyl (C=O) groups excluding carboxylic acids is 1. The molecule has 0 aliphatic heterocycles. The fraction of sp³-hybridized carbons (Fsp3) is 0.143. The number of pyridine rings is 1. The van der Waals surface area contributed by atoms with Crippen molar-refractivity contribution in [2.45, 2.75) is 19.0 Å². The molecule has 1 amide bonds. The summed E-state index contributed by atoms with van der Waals surface area (Å²) < 4.78 is 38.6. The largest absolute Gasteiger partial charge is 0.416 e. The molecule has 0 aliphatic carbocycles. The Morgan fingerprint density at radius 2 is 1.97 bits per heavy atom. The normalized spacial score (nSPS) is 11.5. The first-order valence-corrected chi connectivity index (χ1v) is 10.8. The Bertz CT molecular complexity index is 1190. The van der Waals surface area contributed by atoms with E-state index in [1.807, 2.05) is 23.6 Å². The van der Waals surface area contributed by atoms with E-state index in [-0.39, 0.29) is 12.3 Å². The topological polar surface area (TPSA) is 67.8 Å². The second kappa shape index (κ2) is 8.94. The van der Waals surface area contributed by atoms with Gasteiger partial charge in [0.05, 0.1) is 23.4 Å². The summed E-state index contributed by atoms with van der Waals surface area (Å²) in [6, 6.07) is 10.7. The van der Waals surface area contributed by atoms with Gasteiger partial charge in [-0.2, -0.15) is 13.2 Å². The Labute approximate surface area is 183 Å². The van der Waals surface area contributed by atoms with E-state index in [0.717, 1.165) is 27.7 Å². The molecular formula is C21H15F3N4OS2. The van der Waals surface area contributed by atoms with Crippen LogP contribution in [-0.4, -0.2) is 20.9 Å². The summed E-state index contributed by atoms with van der Waals surface area (Å²) in [4.78, 5) is 25.9. The second-order valence-electron chi connectivity index (χ2n) is 6.59. The first kappa shape index (κ1) is 21.1. The first-order valence-electron chi connectivity index (χ1n) is 9.13. The number of nitrogens with zero attached hydrogens (tertiary/aromatic N) is 3. The molecule has 0 saturated heterocycles. The van der Waals surface area contributed by atoms with Gasteiger partial charge in [-0.25, -0.2) is 9.97 Å². The minimum Gasteiger partial charge on any atom is -0.302 e. The molecule has 4 aromatic rings. The lowest BCUT2D eigenvalue weighted by atomic mass is 10.1. The van der Waals surface area contributed by atoms with Crippen LogP contribution in [0.5, 0.6) is 0 Å². The molecular weight excluding hydrogens is 445 g/mol. The number of alkyl halides is 3. The van der Waals surface area contributed by atoms with Gasteiger partial charge >= 0.3 is 6.18 Å². The van der Waals surface area contributed by atoms with E-state index in [9.17, 15) is 18.0 Å². The Morgan fingerprint density at radius 1 is 1.10 bits per heavy atom. The van der Waals surface area contributed by atoms with Gasteiger partial charge in [0.15, 0.2) is 5.13 Å². The molecule has 1 N–H and O–H groups in total. The highest BCUT2D eigenvalue weighted by atomic mass is 32.1. The summed E-state index contributed by atoms with van der Waals surface area (Å²) in [7, 11) is 0. The highest BCUT2D eigenvalue weighted by Crippen LogP contribution is 2.30. The average Bonchev–Trinajstić information content (AvgIpc) is 3.38. The van der Waals surface area contributed by atoms with Crippen LogP contribution in [0.1, 0.15) is 21.7 Å². The van der Waals surface area contributed by atoms with Crippen LogP contribution in [0.3, 0.4) is 0 Å². The smallest absolute Gasteiger partial charge is 0.302 e. The van der Waals surface area contributed by atoms with Gasteiger partial charge in [-0.15, -0.1) is 22.7 Å². The van der Waals surface area contributed by atoms with Crippen molar-refractivity contribution in [2.24, 2.45) is 0 Å². The molecule has 4 rings (SSSR count). The number of hydrogen-bond acceptors (Lipinski definition) is 6. The first-order chi connectivity index (χ1) is 14.9. The molecule has 158 valence electrons. The molecule has 3 heterocycles. The molecule has 0 spiro atoms. The summed E-state index contributed by atoms with van der Waals surface area (Å²) in [5.41, 5.74) is 1.22. The Hall–Kier alpha value is -3.11. The number of carbonyl (C=O) groups is 1. The van der Waals surface area contributed by atoms with Gasteiger partial charge < -0.3 is 5.32 Å². The Kier molecular flexibility index (Phi) is 6.10. The maximum Gasteiger partial charge on any atom is 0.416 e. The molecule has 0 bridgehead atoms. The molecule has 5 nitrogen and oxygen atoms in total. The number of hydrogen-bond donors (Lipinski definition) is 1. The maximum atomic E-state index is 12.9. The van der Waals surface area contributed by atoms with Crippen LogP contribution < -0.4 is 5.32 Å². The van der Waals surface area contributed by atoms with Crippen molar-refractivity contribution in [1.82, 2.24) is 15.0 Å². The van der Waals surface area contributed by atoms with Crippen molar-refractivity contribution in [2.75, 3.05) is 5.32 Å². The summed E-state index contributed by atoms with van der Waals surface area (Å²) in [5.74, 6) is -0.266. The molecule has 31 heavy (non-hydrogen) atoms. The molecule has 0 radical (unpaired) electrons. The number of anilines is 1. The minimum absolute atomic E-state index is 0.0892. The van der Waals surface area contributed by atoms with Gasteiger partial charge in [0.2, 0.25) is 5.91 Å². The SMILES string of the molecule is O=C(Cc1csc(-c2ccccn2)n1)Nc1ncc(Cc2cccc(C(F)(F)F)c2)s1. The average molecular weight is 461 g/mol. The van der Waals surface area contributed by atoms with E-state index in [0.29, 0.717) is 22.8 Å². The van der Waals surface area contributed by atoms with Crippen LogP contribution >= 0.6 is 22.7 Å². The fourth-order valence-corrected chi connectivity index (χ4v) is 4.49. The van der Waals surface area contributed by atoms with E-state index in [1.165, 1.54) is 28.7 Å². The number of nitrogens with one attached hydrogen (secondary N) is 1. The number of amides is 1. The summed E-state index contributed by atoms with van der Waals surface area (Å²) in [5, 5.41) is 5.66.